The van der Waals surface area contributed by atoms with E-state index in [1.807, 2.05) is 6.07 Å². The van der Waals surface area contributed by atoms with Crippen molar-refractivity contribution in [3.8, 4) is 0 Å². The number of hydrogen-bond donors (Lipinski definition) is 1. The van der Waals surface area contributed by atoms with Crippen LogP contribution in [-0.2, 0) is 16.6 Å². The highest BCUT2D eigenvalue weighted by atomic mass is 32.2. The molecule has 3 rings (SSSR count). The highest BCUT2D eigenvalue weighted by Gasteiger charge is 2.28. The average Bonchev–Trinajstić information content (AvgIpc) is 3.04. The molecule has 0 radical (unpaired) electrons. The highest BCUT2D eigenvalue weighted by molar-refractivity contribution is 7.89. The van der Waals surface area contributed by atoms with Gasteiger partial charge in [0.2, 0.25) is 10.0 Å². The molecule has 8 heteroatoms. The molecule has 6 nitrogen and oxygen atoms in total. The molecule has 0 aliphatic carbocycles. The van der Waals surface area contributed by atoms with Gasteiger partial charge >= 0.3 is 5.97 Å². The lowest BCUT2D eigenvalue weighted by Gasteiger charge is -2.33. The van der Waals surface area contributed by atoms with Crippen LogP contribution >= 0.6 is 11.3 Å². The number of piperazine rings is 1. The molecule has 0 atom stereocenters. The van der Waals surface area contributed by atoms with Crippen LogP contribution in [0.25, 0.3) is 0 Å². The standard InChI is InChI=1S/C16H18N2O4S2/c19-16(20)15-13(6-11-23-15)12-17-7-9-18(10-8-17)24(21,22)14-4-2-1-3-5-14/h1-6,11H,7-10,12H2,(H,19,20). The first-order chi connectivity index (χ1) is 11.5. The minimum absolute atomic E-state index is 0.310. The first kappa shape index (κ1) is 17.1. The summed E-state index contributed by atoms with van der Waals surface area (Å²) in [5, 5.41) is 10.9. The number of carboxylic acid groups (broad SMARTS) is 1. The summed E-state index contributed by atoms with van der Waals surface area (Å²) in [6, 6.07) is 10.2. The Hall–Kier alpha value is -1.74. The van der Waals surface area contributed by atoms with Gasteiger partial charge in [-0.1, -0.05) is 18.2 Å². The zero-order valence-corrected chi connectivity index (χ0v) is 14.6. The molecule has 0 amide bonds. The van der Waals surface area contributed by atoms with Gasteiger partial charge in [-0.15, -0.1) is 11.3 Å². The van der Waals surface area contributed by atoms with Crippen LogP contribution in [-0.4, -0.2) is 54.9 Å². The van der Waals surface area contributed by atoms with Crippen molar-refractivity contribution < 1.29 is 18.3 Å². The first-order valence-electron chi connectivity index (χ1n) is 7.55. The molecule has 128 valence electrons. The fraction of sp³-hybridized carbons (Fsp3) is 0.312. The largest absolute Gasteiger partial charge is 0.477 e. The number of rotatable bonds is 5. The normalized spacial score (nSPS) is 17.0. The third-order valence-corrected chi connectivity index (χ3v) is 6.90. The molecule has 1 aliphatic rings. The van der Waals surface area contributed by atoms with E-state index in [-0.39, 0.29) is 0 Å². The van der Waals surface area contributed by atoms with Crippen molar-refractivity contribution in [2.75, 3.05) is 26.2 Å². The number of carbonyl (C=O) groups is 1. The molecule has 1 N–H and O–H groups in total. The Morgan fingerprint density at radius 2 is 1.75 bits per heavy atom. The minimum Gasteiger partial charge on any atom is -0.477 e. The van der Waals surface area contributed by atoms with Gasteiger partial charge in [-0.2, -0.15) is 4.31 Å². The fourth-order valence-electron chi connectivity index (χ4n) is 2.76. The molecule has 0 bridgehead atoms. The van der Waals surface area contributed by atoms with Crippen molar-refractivity contribution in [1.29, 1.82) is 0 Å². The Morgan fingerprint density at radius 3 is 2.38 bits per heavy atom. The van der Waals surface area contributed by atoms with Crippen LogP contribution in [0.3, 0.4) is 0 Å². The van der Waals surface area contributed by atoms with E-state index in [2.05, 4.69) is 4.90 Å². The number of aromatic carboxylic acids is 1. The molecular formula is C16H18N2O4S2. The number of benzene rings is 1. The smallest absolute Gasteiger partial charge is 0.346 e. The predicted molar refractivity (Wildman–Crippen MR) is 91.8 cm³/mol. The molecule has 0 unspecified atom stereocenters. The lowest BCUT2D eigenvalue weighted by molar-refractivity contribution is 0.0699. The van der Waals surface area contributed by atoms with E-state index >= 15 is 0 Å². The van der Waals surface area contributed by atoms with Crippen molar-refractivity contribution in [2.24, 2.45) is 0 Å². The third kappa shape index (κ3) is 3.51. The number of thiophene rings is 1. The van der Waals surface area contributed by atoms with Gasteiger partial charge in [-0.05, 0) is 29.1 Å². The highest BCUT2D eigenvalue weighted by Crippen LogP contribution is 2.21. The topological polar surface area (TPSA) is 77.9 Å². The lowest BCUT2D eigenvalue weighted by Crippen LogP contribution is -2.48. The molecule has 0 spiro atoms. The van der Waals surface area contributed by atoms with Crippen LogP contribution in [0, 0.1) is 0 Å². The van der Waals surface area contributed by atoms with E-state index in [0.717, 1.165) is 5.56 Å². The molecule has 1 saturated heterocycles. The number of carboxylic acids is 1. The van der Waals surface area contributed by atoms with Crippen molar-refractivity contribution in [2.45, 2.75) is 11.4 Å². The average molecular weight is 366 g/mol. The Morgan fingerprint density at radius 1 is 1.08 bits per heavy atom. The lowest BCUT2D eigenvalue weighted by atomic mass is 10.2. The minimum atomic E-state index is -3.45. The number of hydrogen-bond acceptors (Lipinski definition) is 5. The van der Waals surface area contributed by atoms with Crippen LogP contribution in [0.15, 0.2) is 46.7 Å². The second kappa shape index (κ2) is 7.02. The molecule has 1 aliphatic heterocycles. The first-order valence-corrected chi connectivity index (χ1v) is 9.87. The summed E-state index contributed by atoms with van der Waals surface area (Å²) < 4.78 is 26.7. The van der Waals surface area contributed by atoms with E-state index < -0.39 is 16.0 Å². The second-order valence-corrected chi connectivity index (χ2v) is 8.43. The Labute approximate surface area is 145 Å². The summed E-state index contributed by atoms with van der Waals surface area (Å²) in [6.45, 7) is 2.51. The summed E-state index contributed by atoms with van der Waals surface area (Å²) in [4.78, 5) is 13.9. The fourth-order valence-corrected chi connectivity index (χ4v) is 4.95. The van der Waals surface area contributed by atoms with Crippen LogP contribution in [0.5, 0.6) is 0 Å². The summed E-state index contributed by atoms with van der Waals surface area (Å²) in [7, 11) is -3.45. The van der Waals surface area contributed by atoms with Crippen LogP contribution < -0.4 is 0 Å². The van der Waals surface area contributed by atoms with Gasteiger partial charge in [0.25, 0.3) is 0 Å². The van der Waals surface area contributed by atoms with Gasteiger partial charge < -0.3 is 5.11 Å². The van der Waals surface area contributed by atoms with Gasteiger partial charge in [0.15, 0.2) is 0 Å². The van der Waals surface area contributed by atoms with E-state index in [1.165, 1.54) is 15.6 Å². The monoisotopic (exact) mass is 366 g/mol. The summed E-state index contributed by atoms with van der Waals surface area (Å²) in [5.41, 5.74) is 0.784. The molecule has 0 saturated carbocycles. The molecule has 24 heavy (non-hydrogen) atoms. The van der Waals surface area contributed by atoms with Crippen LogP contribution in [0.4, 0.5) is 0 Å². The van der Waals surface area contributed by atoms with Gasteiger partial charge in [0.05, 0.1) is 4.90 Å². The maximum absolute atomic E-state index is 12.6. The maximum atomic E-state index is 12.6. The number of nitrogens with zero attached hydrogens (tertiary/aromatic N) is 2. The third-order valence-electron chi connectivity index (χ3n) is 4.05. The van der Waals surface area contributed by atoms with E-state index in [4.69, 9.17) is 5.11 Å². The zero-order chi connectivity index (χ0) is 17.2. The summed E-state index contributed by atoms with van der Waals surface area (Å²) >= 11 is 1.22. The molecule has 2 heterocycles. The molecule has 2 aromatic rings. The molecule has 1 aromatic carbocycles. The summed E-state index contributed by atoms with van der Waals surface area (Å²) in [5.74, 6) is -0.912. The van der Waals surface area contributed by atoms with Gasteiger partial charge in [-0.3, -0.25) is 4.90 Å². The summed E-state index contributed by atoms with van der Waals surface area (Å²) in [6.07, 6.45) is 0. The maximum Gasteiger partial charge on any atom is 0.346 e. The second-order valence-electron chi connectivity index (χ2n) is 5.57. The van der Waals surface area contributed by atoms with Crippen molar-refractivity contribution in [1.82, 2.24) is 9.21 Å². The molecule has 1 fully saturated rings. The van der Waals surface area contributed by atoms with Crippen molar-refractivity contribution in [3.63, 3.8) is 0 Å². The van der Waals surface area contributed by atoms with Gasteiger partial charge in [0, 0.05) is 32.7 Å². The van der Waals surface area contributed by atoms with Gasteiger partial charge in [0.1, 0.15) is 4.88 Å². The van der Waals surface area contributed by atoms with Crippen LogP contribution in [0.1, 0.15) is 15.2 Å². The van der Waals surface area contributed by atoms with E-state index in [1.54, 1.807) is 35.7 Å². The van der Waals surface area contributed by atoms with Crippen molar-refractivity contribution in [3.05, 3.63) is 52.2 Å². The molecular weight excluding hydrogens is 348 g/mol. The van der Waals surface area contributed by atoms with E-state index in [9.17, 15) is 13.2 Å². The zero-order valence-electron chi connectivity index (χ0n) is 13.0. The van der Waals surface area contributed by atoms with Crippen molar-refractivity contribution >= 4 is 27.3 Å². The Kier molecular flexibility index (Phi) is 5.00. The van der Waals surface area contributed by atoms with Crippen LogP contribution in [0.2, 0.25) is 0 Å². The predicted octanol–water partition coefficient (Wildman–Crippen LogP) is 1.95. The quantitative estimate of drug-likeness (QED) is 0.875. The van der Waals surface area contributed by atoms with Gasteiger partial charge in [-0.25, -0.2) is 13.2 Å². The van der Waals surface area contributed by atoms with E-state index in [0.29, 0.717) is 42.5 Å². The molecule has 1 aromatic heterocycles. The number of sulfonamides is 1. The SMILES string of the molecule is O=C(O)c1sccc1CN1CCN(S(=O)(=O)c2ccccc2)CC1. The Bertz CT molecular complexity index is 810. The Balaban J connectivity index is 1.64.